The van der Waals surface area contributed by atoms with Crippen LogP contribution in [0.15, 0.2) is 36.5 Å². The molecule has 1 aromatic heterocycles. The largest absolute Gasteiger partial charge is 0.495 e. The fourth-order valence-corrected chi connectivity index (χ4v) is 3.27. The maximum atomic E-state index is 9.42. The molecule has 0 saturated heterocycles. The third-order valence-corrected chi connectivity index (χ3v) is 4.94. The van der Waals surface area contributed by atoms with Crippen molar-refractivity contribution in [2.24, 2.45) is 0 Å². The summed E-state index contributed by atoms with van der Waals surface area (Å²) in [7, 11) is 1.52. The molecule has 1 heterocycles. The Morgan fingerprint density at radius 2 is 1.93 bits per heavy atom. The van der Waals surface area contributed by atoms with Gasteiger partial charge in [0.05, 0.1) is 30.3 Å². The lowest BCUT2D eigenvalue weighted by molar-refractivity contribution is 0.303. The zero-order valence-electron chi connectivity index (χ0n) is 17.4. The molecular formula is C23H23N5O2. The van der Waals surface area contributed by atoms with E-state index >= 15 is 0 Å². The molecule has 3 N–H and O–H groups in total. The van der Waals surface area contributed by atoms with Crippen LogP contribution in [0.2, 0.25) is 0 Å². The number of methoxy groups -OCH3 is 1. The van der Waals surface area contributed by atoms with E-state index < -0.39 is 0 Å². The second kappa shape index (κ2) is 8.62. The Balaban J connectivity index is 1.91. The normalized spacial score (nSPS) is 10.4. The van der Waals surface area contributed by atoms with Gasteiger partial charge in [-0.05, 0) is 62.2 Å². The minimum Gasteiger partial charge on any atom is -0.495 e. The minimum atomic E-state index is 0.207. The molecule has 0 aliphatic rings. The van der Waals surface area contributed by atoms with Crippen LogP contribution in [0.1, 0.15) is 39.1 Å². The van der Waals surface area contributed by atoms with Gasteiger partial charge in [-0.3, -0.25) is 5.41 Å². The maximum Gasteiger partial charge on any atom is 0.139 e. The van der Waals surface area contributed by atoms with E-state index in [1.807, 2.05) is 26.8 Å². The average Bonchev–Trinajstić information content (AvgIpc) is 2.73. The van der Waals surface area contributed by atoms with Crippen LogP contribution in [0.3, 0.4) is 0 Å². The first-order valence-corrected chi connectivity index (χ1v) is 9.33. The van der Waals surface area contributed by atoms with E-state index in [0.717, 1.165) is 22.4 Å². The number of nitrogens with zero attached hydrogens (tertiary/aromatic N) is 3. The number of benzene rings is 2. The molecule has 0 saturated carbocycles. The van der Waals surface area contributed by atoms with E-state index in [1.165, 1.54) is 7.11 Å². The van der Waals surface area contributed by atoms with E-state index in [9.17, 15) is 5.26 Å². The Labute approximate surface area is 175 Å². The standard InChI is InChI=1S/C23H23N5O2/c1-13-7-16(8-17(10-24)23(13)29-4)22(26)19-9-18(5-6-21(19)25)30-12-20-14(2)11-27-28-15(20)3/h5-9,11,26H,12,25H2,1-4H3. The number of nitrogens with two attached hydrogens (primary N) is 1. The molecule has 0 amide bonds. The van der Waals surface area contributed by atoms with E-state index in [0.29, 0.717) is 40.5 Å². The number of nitrogens with one attached hydrogen (secondary N) is 1. The summed E-state index contributed by atoms with van der Waals surface area (Å²) in [6, 6.07) is 10.8. The molecule has 0 radical (unpaired) electrons. The number of rotatable bonds is 6. The van der Waals surface area contributed by atoms with Crippen molar-refractivity contribution in [3.63, 3.8) is 0 Å². The first-order chi connectivity index (χ1) is 14.3. The zero-order chi connectivity index (χ0) is 21.8. The third kappa shape index (κ3) is 4.08. The first kappa shape index (κ1) is 20.8. The van der Waals surface area contributed by atoms with Crippen molar-refractivity contribution in [2.45, 2.75) is 27.4 Å². The monoisotopic (exact) mass is 401 g/mol. The minimum absolute atomic E-state index is 0.207. The maximum absolute atomic E-state index is 9.42. The van der Waals surface area contributed by atoms with E-state index in [4.69, 9.17) is 20.6 Å². The van der Waals surface area contributed by atoms with Gasteiger partial charge in [-0.25, -0.2) is 0 Å². The predicted octanol–water partition coefficient (Wildman–Crippen LogP) is 3.86. The lowest BCUT2D eigenvalue weighted by Crippen LogP contribution is -2.08. The van der Waals surface area contributed by atoms with Gasteiger partial charge >= 0.3 is 0 Å². The molecule has 0 fully saturated rings. The summed E-state index contributed by atoms with van der Waals surface area (Å²) < 4.78 is 11.2. The fourth-order valence-electron chi connectivity index (χ4n) is 3.27. The van der Waals surface area contributed by atoms with Gasteiger partial charge in [-0.2, -0.15) is 15.5 Å². The second-order valence-electron chi connectivity index (χ2n) is 6.99. The van der Waals surface area contributed by atoms with Crippen LogP contribution in [0.4, 0.5) is 5.69 Å². The van der Waals surface area contributed by atoms with E-state index in [2.05, 4.69) is 16.3 Å². The van der Waals surface area contributed by atoms with Gasteiger partial charge in [0.15, 0.2) is 0 Å². The summed E-state index contributed by atoms with van der Waals surface area (Å²) in [5.74, 6) is 1.10. The molecule has 7 heteroatoms. The predicted molar refractivity (Wildman–Crippen MR) is 115 cm³/mol. The van der Waals surface area contributed by atoms with Gasteiger partial charge in [0, 0.05) is 22.4 Å². The van der Waals surface area contributed by atoms with Gasteiger partial charge in [0.25, 0.3) is 0 Å². The number of aromatic nitrogens is 2. The van der Waals surface area contributed by atoms with Crippen molar-refractivity contribution in [2.75, 3.05) is 12.8 Å². The van der Waals surface area contributed by atoms with Crippen molar-refractivity contribution < 1.29 is 9.47 Å². The summed E-state index contributed by atoms with van der Waals surface area (Å²) in [4.78, 5) is 0. The Morgan fingerprint density at radius 1 is 1.17 bits per heavy atom. The number of anilines is 1. The third-order valence-electron chi connectivity index (χ3n) is 4.94. The first-order valence-electron chi connectivity index (χ1n) is 9.33. The summed E-state index contributed by atoms with van der Waals surface area (Å²) in [5.41, 5.74) is 11.9. The van der Waals surface area contributed by atoms with Gasteiger partial charge < -0.3 is 15.2 Å². The molecule has 0 unspecified atom stereocenters. The number of hydrogen-bond acceptors (Lipinski definition) is 7. The Kier molecular flexibility index (Phi) is 5.98. The lowest BCUT2D eigenvalue weighted by atomic mass is 9.96. The van der Waals surface area contributed by atoms with Gasteiger partial charge in [-0.1, -0.05) is 0 Å². The number of nitrogen functional groups attached to an aromatic ring is 1. The zero-order valence-corrected chi connectivity index (χ0v) is 17.4. The number of ether oxygens (including phenoxy) is 2. The van der Waals surface area contributed by atoms with Crippen molar-refractivity contribution in [1.29, 1.82) is 10.7 Å². The van der Waals surface area contributed by atoms with Crippen LogP contribution in [-0.4, -0.2) is 23.0 Å². The molecule has 0 bridgehead atoms. The van der Waals surface area contributed by atoms with Crippen LogP contribution >= 0.6 is 0 Å². The van der Waals surface area contributed by atoms with Gasteiger partial charge in [-0.15, -0.1) is 0 Å². The van der Waals surface area contributed by atoms with Crippen molar-refractivity contribution in [3.05, 3.63) is 75.6 Å². The van der Waals surface area contributed by atoms with Gasteiger partial charge in [0.1, 0.15) is 24.2 Å². The van der Waals surface area contributed by atoms with Crippen molar-refractivity contribution in [3.8, 4) is 17.6 Å². The molecule has 3 rings (SSSR count). The van der Waals surface area contributed by atoms with Crippen LogP contribution < -0.4 is 15.2 Å². The van der Waals surface area contributed by atoms with Crippen molar-refractivity contribution in [1.82, 2.24) is 10.2 Å². The summed E-state index contributed by atoms with van der Waals surface area (Å²) in [6.45, 7) is 6.03. The van der Waals surface area contributed by atoms with Crippen LogP contribution in [0.25, 0.3) is 0 Å². The molecule has 30 heavy (non-hydrogen) atoms. The Morgan fingerprint density at radius 3 is 2.60 bits per heavy atom. The highest BCUT2D eigenvalue weighted by atomic mass is 16.5. The lowest BCUT2D eigenvalue weighted by Gasteiger charge is -2.14. The molecular weight excluding hydrogens is 378 g/mol. The molecule has 0 aliphatic heterocycles. The summed E-state index contributed by atoms with van der Waals surface area (Å²) in [5, 5.41) is 26.1. The topological polar surface area (TPSA) is 118 Å². The second-order valence-corrected chi connectivity index (χ2v) is 6.99. The Bertz CT molecular complexity index is 1140. The molecule has 0 spiro atoms. The smallest absolute Gasteiger partial charge is 0.139 e. The molecule has 0 atom stereocenters. The highest BCUT2D eigenvalue weighted by Crippen LogP contribution is 2.28. The summed E-state index contributed by atoms with van der Waals surface area (Å²) >= 11 is 0. The number of aryl methyl sites for hydroxylation is 3. The molecule has 0 aliphatic carbocycles. The van der Waals surface area contributed by atoms with Crippen molar-refractivity contribution >= 4 is 11.4 Å². The highest BCUT2D eigenvalue weighted by molar-refractivity contribution is 6.14. The van der Waals surface area contributed by atoms with E-state index in [-0.39, 0.29) is 5.71 Å². The molecule has 7 nitrogen and oxygen atoms in total. The van der Waals surface area contributed by atoms with E-state index in [1.54, 1.807) is 30.5 Å². The molecule has 2 aromatic carbocycles. The average molecular weight is 401 g/mol. The van der Waals surface area contributed by atoms with Crippen LogP contribution in [-0.2, 0) is 6.61 Å². The molecule has 3 aromatic rings. The Hall–Kier alpha value is -3.92. The quantitative estimate of drug-likeness (QED) is 0.478. The fraction of sp³-hybridized carbons (Fsp3) is 0.217. The number of nitriles is 1. The summed E-state index contributed by atoms with van der Waals surface area (Å²) in [6.07, 6.45) is 1.70. The van der Waals surface area contributed by atoms with Gasteiger partial charge in [0.2, 0.25) is 0 Å². The molecule has 152 valence electrons. The SMILES string of the molecule is COc1c(C)cc(C(=N)c2cc(OCc3c(C)cnnc3C)ccc2N)cc1C#N. The van der Waals surface area contributed by atoms with Crippen LogP contribution in [0.5, 0.6) is 11.5 Å². The number of hydrogen-bond donors (Lipinski definition) is 2. The van der Waals surface area contributed by atoms with Crippen LogP contribution in [0, 0.1) is 37.5 Å². The highest BCUT2D eigenvalue weighted by Gasteiger charge is 2.15.